The van der Waals surface area contributed by atoms with Gasteiger partial charge in [-0.3, -0.25) is 14.9 Å². The van der Waals surface area contributed by atoms with Crippen molar-refractivity contribution in [3.63, 3.8) is 0 Å². The van der Waals surface area contributed by atoms with Gasteiger partial charge in [-0.2, -0.15) is 0 Å². The van der Waals surface area contributed by atoms with E-state index in [1.54, 1.807) is 0 Å². The van der Waals surface area contributed by atoms with Gasteiger partial charge in [-0.25, -0.2) is 4.79 Å². The number of hydrogen-bond acceptors (Lipinski definition) is 7. The van der Waals surface area contributed by atoms with Crippen molar-refractivity contribution in [2.24, 2.45) is 5.92 Å². The number of amides is 1. The van der Waals surface area contributed by atoms with E-state index < -0.39 is 23.4 Å². The molecule has 2 aromatic carbocycles. The Hall–Kier alpha value is -3.33. The van der Waals surface area contributed by atoms with E-state index in [9.17, 15) is 19.7 Å². The third-order valence-corrected chi connectivity index (χ3v) is 4.35. The second-order valence-corrected chi connectivity index (χ2v) is 7.38. The number of hydrogen-bond donors (Lipinski definition) is 1. The van der Waals surface area contributed by atoms with Crippen molar-refractivity contribution in [2.75, 3.05) is 20.3 Å². The maximum Gasteiger partial charge on any atom is 0.338 e. The summed E-state index contributed by atoms with van der Waals surface area (Å²) >= 11 is 5.81. The fraction of sp³-hybridized carbons (Fsp3) is 0.333. The number of nitrogens with zero attached hydrogens (tertiary/aromatic N) is 1. The van der Waals surface area contributed by atoms with Crippen LogP contribution in [-0.2, 0) is 9.53 Å². The maximum absolute atomic E-state index is 12.2. The van der Waals surface area contributed by atoms with Gasteiger partial charge in [0, 0.05) is 17.6 Å². The monoisotopic (exact) mass is 450 g/mol. The highest BCUT2D eigenvalue weighted by molar-refractivity contribution is 6.30. The highest BCUT2D eigenvalue weighted by Crippen LogP contribution is 2.37. The Balaban J connectivity index is 2.07. The van der Waals surface area contributed by atoms with Crippen LogP contribution in [0.3, 0.4) is 0 Å². The molecule has 0 aliphatic carbocycles. The molecule has 0 spiro atoms. The molecule has 0 saturated carbocycles. The van der Waals surface area contributed by atoms with E-state index in [2.05, 4.69) is 5.32 Å². The number of nitrogens with one attached hydrogen (secondary N) is 1. The first-order valence-corrected chi connectivity index (χ1v) is 9.82. The largest absolute Gasteiger partial charge is 0.493 e. The first kappa shape index (κ1) is 23.9. The standard InChI is InChI=1S/C21H23ClN2O7/c1-13(2)8-9-23-20(25)12-30-21(26)14-4-6-18(19(10-14)29-3)31-17-7-5-15(22)11-16(17)24(27)28/h4-7,10-11,13H,8-9,12H2,1-3H3,(H,23,25). The lowest BCUT2D eigenvalue weighted by Gasteiger charge is -2.12. The summed E-state index contributed by atoms with van der Waals surface area (Å²) in [7, 11) is 1.36. The topological polar surface area (TPSA) is 117 Å². The summed E-state index contributed by atoms with van der Waals surface area (Å²) in [5.41, 5.74) is -0.189. The normalized spacial score (nSPS) is 10.5. The number of benzene rings is 2. The van der Waals surface area contributed by atoms with Crippen molar-refractivity contribution in [1.29, 1.82) is 0 Å². The minimum atomic E-state index is -0.721. The van der Waals surface area contributed by atoms with E-state index in [0.717, 1.165) is 6.42 Å². The van der Waals surface area contributed by atoms with Gasteiger partial charge in [-0.05, 0) is 42.7 Å². The Labute approximate surface area is 184 Å². The molecule has 0 radical (unpaired) electrons. The van der Waals surface area contributed by atoms with Crippen LogP contribution in [0, 0.1) is 16.0 Å². The maximum atomic E-state index is 12.2. The lowest BCUT2D eigenvalue weighted by Crippen LogP contribution is -2.30. The highest BCUT2D eigenvalue weighted by atomic mass is 35.5. The zero-order chi connectivity index (χ0) is 23.0. The molecule has 0 fully saturated rings. The Morgan fingerprint density at radius 1 is 1.13 bits per heavy atom. The predicted octanol–water partition coefficient (Wildman–Crippen LogP) is 4.37. The van der Waals surface area contributed by atoms with Gasteiger partial charge in [0.25, 0.3) is 5.91 Å². The molecule has 2 rings (SSSR count). The van der Waals surface area contributed by atoms with Crippen molar-refractivity contribution in [2.45, 2.75) is 20.3 Å². The van der Waals surface area contributed by atoms with Crippen LogP contribution in [-0.4, -0.2) is 37.1 Å². The predicted molar refractivity (Wildman–Crippen MR) is 114 cm³/mol. The number of methoxy groups -OCH3 is 1. The molecule has 1 amide bonds. The van der Waals surface area contributed by atoms with Crippen molar-refractivity contribution in [3.05, 3.63) is 57.1 Å². The third-order valence-electron chi connectivity index (χ3n) is 4.12. The van der Waals surface area contributed by atoms with Gasteiger partial charge in [0.15, 0.2) is 18.1 Å². The van der Waals surface area contributed by atoms with Crippen LogP contribution < -0.4 is 14.8 Å². The zero-order valence-electron chi connectivity index (χ0n) is 17.3. The Morgan fingerprint density at radius 3 is 2.48 bits per heavy atom. The number of carbonyl (C=O) groups excluding carboxylic acids is 2. The molecule has 1 N–H and O–H groups in total. The molecular weight excluding hydrogens is 428 g/mol. The van der Waals surface area contributed by atoms with Gasteiger partial charge in [-0.15, -0.1) is 0 Å². The van der Waals surface area contributed by atoms with Crippen molar-refractivity contribution in [1.82, 2.24) is 5.32 Å². The van der Waals surface area contributed by atoms with E-state index in [1.807, 2.05) is 13.8 Å². The minimum Gasteiger partial charge on any atom is -0.493 e. The molecule has 0 aliphatic rings. The summed E-state index contributed by atoms with van der Waals surface area (Å²) in [5.74, 6) is -0.403. The molecular formula is C21H23ClN2O7. The third kappa shape index (κ3) is 7.14. The van der Waals surface area contributed by atoms with E-state index in [1.165, 1.54) is 43.5 Å². The second-order valence-electron chi connectivity index (χ2n) is 6.95. The van der Waals surface area contributed by atoms with Gasteiger partial charge in [0.05, 0.1) is 17.6 Å². The van der Waals surface area contributed by atoms with Crippen LogP contribution in [0.2, 0.25) is 5.02 Å². The van der Waals surface area contributed by atoms with Crippen LogP contribution in [0.5, 0.6) is 17.2 Å². The van der Waals surface area contributed by atoms with E-state index >= 15 is 0 Å². The lowest BCUT2D eigenvalue weighted by atomic mass is 10.1. The Kier molecular flexibility index (Phi) is 8.63. The minimum absolute atomic E-state index is 0.0407. The molecule has 0 bridgehead atoms. The number of nitro benzene ring substituents is 1. The summed E-state index contributed by atoms with van der Waals surface area (Å²) in [6.07, 6.45) is 0.824. The molecule has 31 heavy (non-hydrogen) atoms. The first-order valence-electron chi connectivity index (χ1n) is 9.45. The van der Waals surface area contributed by atoms with E-state index in [0.29, 0.717) is 12.5 Å². The molecule has 10 heteroatoms. The number of halogens is 1. The molecule has 0 aliphatic heterocycles. The SMILES string of the molecule is COc1cc(C(=O)OCC(=O)NCCC(C)C)ccc1Oc1ccc(Cl)cc1[N+](=O)[O-]. The molecule has 2 aromatic rings. The molecule has 0 heterocycles. The molecule has 9 nitrogen and oxygen atoms in total. The number of rotatable bonds is 10. The summed E-state index contributed by atoms with van der Waals surface area (Å²) in [6, 6.07) is 8.15. The average molecular weight is 451 g/mol. The van der Waals surface area contributed by atoms with E-state index in [4.69, 9.17) is 25.8 Å². The van der Waals surface area contributed by atoms with Gasteiger partial charge in [0.2, 0.25) is 5.75 Å². The molecule has 0 unspecified atom stereocenters. The molecule has 166 valence electrons. The van der Waals surface area contributed by atoms with Crippen molar-refractivity contribution < 1.29 is 28.7 Å². The molecule has 0 saturated heterocycles. The Bertz CT molecular complexity index is 963. The van der Waals surface area contributed by atoms with E-state index in [-0.39, 0.29) is 33.5 Å². The van der Waals surface area contributed by atoms with Crippen molar-refractivity contribution >= 4 is 29.2 Å². The fourth-order valence-corrected chi connectivity index (χ4v) is 2.65. The summed E-state index contributed by atoms with van der Waals surface area (Å²) in [5, 5.41) is 14.1. The molecule has 0 atom stereocenters. The number of ether oxygens (including phenoxy) is 3. The van der Waals surface area contributed by atoms with Crippen LogP contribution >= 0.6 is 11.6 Å². The fourth-order valence-electron chi connectivity index (χ4n) is 2.48. The summed E-state index contributed by atoms with van der Waals surface area (Å²) in [6.45, 7) is 4.18. The van der Waals surface area contributed by atoms with Gasteiger partial charge >= 0.3 is 11.7 Å². The summed E-state index contributed by atoms with van der Waals surface area (Å²) < 4.78 is 15.8. The van der Waals surface area contributed by atoms with Gasteiger partial charge in [0.1, 0.15) is 0 Å². The van der Waals surface area contributed by atoms with Crippen LogP contribution in [0.15, 0.2) is 36.4 Å². The molecule has 0 aromatic heterocycles. The summed E-state index contributed by atoms with van der Waals surface area (Å²) in [4.78, 5) is 34.6. The highest BCUT2D eigenvalue weighted by Gasteiger charge is 2.19. The lowest BCUT2D eigenvalue weighted by molar-refractivity contribution is -0.385. The van der Waals surface area contributed by atoms with Crippen molar-refractivity contribution in [3.8, 4) is 17.2 Å². The first-order chi connectivity index (χ1) is 14.7. The quantitative estimate of drug-likeness (QED) is 0.324. The van der Waals surface area contributed by atoms with Crippen LogP contribution in [0.1, 0.15) is 30.6 Å². The van der Waals surface area contributed by atoms with Crippen LogP contribution in [0.25, 0.3) is 0 Å². The number of carbonyl (C=O) groups is 2. The average Bonchev–Trinajstić information content (AvgIpc) is 2.73. The zero-order valence-corrected chi connectivity index (χ0v) is 18.1. The van der Waals surface area contributed by atoms with Gasteiger partial charge < -0.3 is 19.5 Å². The number of nitro groups is 1. The van der Waals surface area contributed by atoms with Gasteiger partial charge in [-0.1, -0.05) is 25.4 Å². The second kappa shape index (κ2) is 11.2. The number of esters is 1. The van der Waals surface area contributed by atoms with Crippen LogP contribution in [0.4, 0.5) is 5.69 Å². The smallest absolute Gasteiger partial charge is 0.338 e. The Morgan fingerprint density at radius 2 is 1.84 bits per heavy atom.